The van der Waals surface area contributed by atoms with E-state index < -0.39 is 0 Å². The van der Waals surface area contributed by atoms with Crippen molar-refractivity contribution in [3.05, 3.63) is 29.3 Å². The van der Waals surface area contributed by atoms with E-state index in [0.29, 0.717) is 6.10 Å². The molecule has 0 radical (unpaired) electrons. The second-order valence-electron chi connectivity index (χ2n) is 6.19. The van der Waals surface area contributed by atoms with Gasteiger partial charge >= 0.3 is 0 Å². The standard InChI is InChI=1S/C18H30O/c1-7-17(10-8-14(4)13(2)3)19-18-11-9-15(5)16(6)12-18/h9,11-14,17H,7-8,10H2,1-6H3. The zero-order valence-electron chi connectivity index (χ0n) is 13.5. The summed E-state index contributed by atoms with van der Waals surface area (Å²) in [6.45, 7) is 13.4. The predicted octanol–water partition coefficient (Wildman–Crippen LogP) is 5.53. The highest BCUT2D eigenvalue weighted by atomic mass is 16.5. The predicted molar refractivity (Wildman–Crippen MR) is 83.9 cm³/mol. The van der Waals surface area contributed by atoms with Crippen molar-refractivity contribution >= 4 is 0 Å². The fourth-order valence-corrected chi connectivity index (χ4v) is 2.11. The first-order chi connectivity index (χ1) is 8.93. The Morgan fingerprint density at radius 1 is 1.00 bits per heavy atom. The molecule has 0 amide bonds. The molecule has 0 fully saturated rings. The molecule has 0 spiro atoms. The fraction of sp³-hybridized carbons (Fsp3) is 0.667. The van der Waals surface area contributed by atoms with Gasteiger partial charge in [0.2, 0.25) is 0 Å². The summed E-state index contributed by atoms with van der Waals surface area (Å²) >= 11 is 0. The zero-order chi connectivity index (χ0) is 14.4. The number of hydrogen-bond donors (Lipinski definition) is 0. The van der Waals surface area contributed by atoms with Crippen molar-refractivity contribution in [3.8, 4) is 5.75 Å². The highest BCUT2D eigenvalue weighted by molar-refractivity contribution is 5.33. The summed E-state index contributed by atoms with van der Waals surface area (Å²) in [5, 5.41) is 0. The highest BCUT2D eigenvalue weighted by Crippen LogP contribution is 2.23. The van der Waals surface area contributed by atoms with Crippen LogP contribution in [-0.4, -0.2) is 6.10 Å². The molecule has 0 bridgehead atoms. The van der Waals surface area contributed by atoms with E-state index in [1.807, 2.05) is 0 Å². The molecule has 0 aromatic heterocycles. The molecular weight excluding hydrogens is 232 g/mol. The number of aryl methyl sites for hydroxylation is 2. The molecule has 19 heavy (non-hydrogen) atoms. The first kappa shape index (κ1) is 16.1. The van der Waals surface area contributed by atoms with Gasteiger partial charge in [-0.25, -0.2) is 0 Å². The number of rotatable bonds is 7. The lowest BCUT2D eigenvalue weighted by Crippen LogP contribution is -2.17. The van der Waals surface area contributed by atoms with Gasteiger partial charge in [0.25, 0.3) is 0 Å². The maximum atomic E-state index is 6.13. The van der Waals surface area contributed by atoms with E-state index in [1.54, 1.807) is 0 Å². The molecule has 2 unspecified atom stereocenters. The van der Waals surface area contributed by atoms with Gasteiger partial charge in [-0.2, -0.15) is 0 Å². The minimum absolute atomic E-state index is 0.350. The zero-order valence-corrected chi connectivity index (χ0v) is 13.5. The Morgan fingerprint density at radius 2 is 1.68 bits per heavy atom. The number of benzene rings is 1. The smallest absolute Gasteiger partial charge is 0.119 e. The van der Waals surface area contributed by atoms with Gasteiger partial charge in [-0.15, -0.1) is 0 Å². The Morgan fingerprint density at radius 3 is 2.21 bits per heavy atom. The third kappa shape index (κ3) is 5.26. The van der Waals surface area contributed by atoms with Crippen molar-refractivity contribution < 1.29 is 4.74 Å². The lowest BCUT2D eigenvalue weighted by Gasteiger charge is -2.21. The second-order valence-corrected chi connectivity index (χ2v) is 6.19. The van der Waals surface area contributed by atoms with Gasteiger partial charge in [0.15, 0.2) is 0 Å². The summed E-state index contributed by atoms with van der Waals surface area (Å²) in [5.74, 6) is 2.56. The van der Waals surface area contributed by atoms with Crippen LogP contribution in [0.15, 0.2) is 18.2 Å². The van der Waals surface area contributed by atoms with Crippen LogP contribution < -0.4 is 4.74 Å². The van der Waals surface area contributed by atoms with Gasteiger partial charge < -0.3 is 4.74 Å². The van der Waals surface area contributed by atoms with Gasteiger partial charge in [0, 0.05) is 0 Å². The number of ether oxygens (including phenoxy) is 1. The Bertz CT molecular complexity index is 381. The van der Waals surface area contributed by atoms with Crippen LogP contribution in [0.25, 0.3) is 0 Å². The van der Waals surface area contributed by atoms with Gasteiger partial charge in [-0.3, -0.25) is 0 Å². The Hall–Kier alpha value is -0.980. The van der Waals surface area contributed by atoms with E-state index in [1.165, 1.54) is 17.5 Å². The van der Waals surface area contributed by atoms with Crippen LogP contribution in [0.1, 0.15) is 58.1 Å². The Balaban J connectivity index is 2.54. The van der Waals surface area contributed by atoms with Crippen molar-refractivity contribution in [2.75, 3.05) is 0 Å². The average Bonchev–Trinajstić information content (AvgIpc) is 2.38. The summed E-state index contributed by atoms with van der Waals surface area (Å²) in [5.41, 5.74) is 2.64. The normalized spacial score (nSPS) is 14.5. The summed E-state index contributed by atoms with van der Waals surface area (Å²) in [6.07, 6.45) is 3.84. The molecule has 1 rings (SSSR count). The van der Waals surface area contributed by atoms with E-state index >= 15 is 0 Å². The van der Waals surface area contributed by atoms with Crippen LogP contribution in [-0.2, 0) is 0 Å². The van der Waals surface area contributed by atoms with E-state index in [4.69, 9.17) is 4.74 Å². The molecular formula is C18H30O. The molecule has 108 valence electrons. The topological polar surface area (TPSA) is 9.23 Å². The molecule has 1 aromatic carbocycles. The van der Waals surface area contributed by atoms with Crippen molar-refractivity contribution in [2.45, 2.75) is 66.9 Å². The van der Waals surface area contributed by atoms with Gasteiger partial charge in [0.05, 0.1) is 6.10 Å². The minimum atomic E-state index is 0.350. The lowest BCUT2D eigenvalue weighted by molar-refractivity contribution is 0.171. The molecule has 0 saturated heterocycles. The minimum Gasteiger partial charge on any atom is -0.490 e. The van der Waals surface area contributed by atoms with Gasteiger partial charge in [-0.1, -0.05) is 33.8 Å². The second kappa shape index (κ2) is 7.57. The lowest BCUT2D eigenvalue weighted by atomic mass is 9.91. The monoisotopic (exact) mass is 262 g/mol. The maximum absolute atomic E-state index is 6.13. The third-order valence-corrected chi connectivity index (χ3v) is 4.32. The quantitative estimate of drug-likeness (QED) is 0.627. The van der Waals surface area contributed by atoms with Crippen molar-refractivity contribution in [3.63, 3.8) is 0 Å². The fourth-order valence-electron chi connectivity index (χ4n) is 2.11. The van der Waals surface area contributed by atoms with E-state index in [2.05, 4.69) is 59.7 Å². The summed E-state index contributed by atoms with van der Waals surface area (Å²) < 4.78 is 6.13. The molecule has 1 nitrogen and oxygen atoms in total. The van der Waals surface area contributed by atoms with E-state index in [9.17, 15) is 0 Å². The number of hydrogen-bond acceptors (Lipinski definition) is 1. The van der Waals surface area contributed by atoms with Crippen LogP contribution in [0.4, 0.5) is 0 Å². The average molecular weight is 262 g/mol. The Kier molecular flexibility index (Phi) is 6.41. The van der Waals surface area contributed by atoms with Gasteiger partial charge in [-0.05, 0) is 68.2 Å². The van der Waals surface area contributed by atoms with Crippen molar-refractivity contribution in [1.82, 2.24) is 0 Å². The van der Waals surface area contributed by atoms with Crippen LogP contribution in [0.2, 0.25) is 0 Å². The molecule has 0 aliphatic rings. The first-order valence-electron chi connectivity index (χ1n) is 7.68. The van der Waals surface area contributed by atoms with Crippen LogP contribution in [0.3, 0.4) is 0 Å². The van der Waals surface area contributed by atoms with Crippen LogP contribution in [0, 0.1) is 25.7 Å². The molecule has 0 saturated carbocycles. The van der Waals surface area contributed by atoms with E-state index in [-0.39, 0.29) is 0 Å². The SMILES string of the molecule is CCC(CCC(C)C(C)C)Oc1ccc(C)c(C)c1. The van der Waals surface area contributed by atoms with E-state index in [0.717, 1.165) is 30.4 Å². The van der Waals surface area contributed by atoms with Crippen LogP contribution >= 0.6 is 0 Å². The highest BCUT2D eigenvalue weighted by Gasteiger charge is 2.13. The Labute approximate surface area is 119 Å². The summed E-state index contributed by atoms with van der Waals surface area (Å²) in [4.78, 5) is 0. The van der Waals surface area contributed by atoms with Crippen molar-refractivity contribution in [2.24, 2.45) is 11.8 Å². The maximum Gasteiger partial charge on any atom is 0.119 e. The van der Waals surface area contributed by atoms with Crippen molar-refractivity contribution in [1.29, 1.82) is 0 Å². The van der Waals surface area contributed by atoms with Crippen LogP contribution in [0.5, 0.6) is 5.75 Å². The largest absolute Gasteiger partial charge is 0.490 e. The van der Waals surface area contributed by atoms with Gasteiger partial charge in [0.1, 0.15) is 5.75 Å². The third-order valence-electron chi connectivity index (χ3n) is 4.32. The molecule has 2 atom stereocenters. The molecule has 0 N–H and O–H groups in total. The molecule has 1 aromatic rings. The molecule has 0 aliphatic carbocycles. The summed E-state index contributed by atoms with van der Waals surface area (Å²) in [6, 6.07) is 6.40. The summed E-state index contributed by atoms with van der Waals surface area (Å²) in [7, 11) is 0. The molecule has 0 aliphatic heterocycles. The molecule has 0 heterocycles. The molecule has 1 heteroatoms. The first-order valence-corrected chi connectivity index (χ1v) is 7.68.